The number of aromatic amines is 1. The Morgan fingerprint density at radius 1 is 1.19 bits per heavy atom. The van der Waals surface area contributed by atoms with Crippen LogP contribution in [0.4, 0.5) is 4.39 Å². The number of nitrogens with two attached hydrogens (primary N) is 1. The van der Waals surface area contributed by atoms with Crippen LogP contribution in [0.1, 0.15) is 15.9 Å². The van der Waals surface area contributed by atoms with E-state index in [0.717, 1.165) is 22.0 Å². The molecule has 0 spiro atoms. The molecule has 4 N–H and O–H groups in total. The molecule has 1 aromatic heterocycles. The lowest BCUT2D eigenvalue weighted by Crippen LogP contribution is -2.30. The fourth-order valence-corrected chi connectivity index (χ4v) is 2.51. The second-order valence-electron chi connectivity index (χ2n) is 4.85. The van der Waals surface area contributed by atoms with Gasteiger partial charge in [0.15, 0.2) is 0 Å². The Kier molecular flexibility index (Phi) is 3.19. The summed E-state index contributed by atoms with van der Waals surface area (Å²) in [5.74, 6) is 4.58. The van der Waals surface area contributed by atoms with Gasteiger partial charge in [-0.1, -0.05) is 18.2 Å². The molecule has 2 aromatic carbocycles. The van der Waals surface area contributed by atoms with Crippen molar-refractivity contribution in [2.24, 2.45) is 5.84 Å². The van der Waals surface area contributed by atoms with Crippen molar-refractivity contribution in [1.82, 2.24) is 10.4 Å². The number of rotatable bonds is 2. The zero-order valence-corrected chi connectivity index (χ0v) is 11.4. The van der Waals surface area contributed by atoms with E-state index in [4.69, 9.17) is 5.84 Å². The Morgan fingerprint density at radius 2 is 1.90 bits per heavy atom. The van der Waals surface area contributed by atoms with E-state index in [9.17, 15) is 9.18 Å². The van der Waals surface area contributed by atoms with Crippen molar-refractivity contribution in [1.29, 1.82) is 0 Å². The predicted molar refractivity (Wildman–Crippen MR) is 80.1 cm³/mol. The van der Waals surface area contributed by atoms with Crippen molar-refractivity contribution >= 4 is 16.8 Å². The number of hydrazine groups is 1. The Morgan fingerprint density at radius 3 is 2.57 bits per heavy atom. The molecule has 106 valence electrons. The molecular weight excluding hydrogens is 269 g/mol. The maximum atomic E-state index is 13.1. The van der Waals surface area contributed by atoms with Crippen molar-refractivity contribution in [3.8, 4) is 11.3 Å². The summed E-state index contributed by atoms with van der Waals surface area (Å²) in [6.07, 6.45) is 0. The van der Waals surface area contributed by atoms with Crippen LogP contribution < -0.4 is 11.3 Å². The van der Waals surface area contributed by atoms with Crippen LogP contribution in [0.3, 0.4) is 0 Å². The molecule has 4 nitrogen and oxygen atoms in total. The van der Waals surface area contributed by atoms with Crippen LogP contribution >= 0.6 is 0 Å². The van der Waals surface area contributed by atoms with E-state index in [2.05, 4.69) is 10.4 Å². The first-order valence-corrected chi connectivity index (χ1v) is 6.50. The van der Waals surface area contributed by atoms with Crippen molar-refractivity contribution in [2.75, 3.05) is 0 Å². The van der Waals surface area contributed by atoms with E-state index >= 15 is 0 Å². The molecular formula is C16H14FN3O. The largest absolute Gasteiger partial charge is 0.354 e. The number of hydrogen-bond acceptors (Lipinski definition) is 2. The Balaban J connectivity index is 2.33. The molecule has 1 heterocycles. The highest BCUT2D eigenvalue weighted by Crippen LogP contribution is 2.31. The minimum absolute atomic E-state index is 0.323. The Bertz CT molecular complexity index is 821. The third-order valence-corrected chi connectivity index (χ3v) is 3.53. The van der Waals surface area contributed by atoms with Crippen LogP contribution in [0.2, 0.25) is 0 Å². The number of H-pyrrole nitrogens is 1. The van der Waals surface area contributed by atoms with Gasteiger partial charge in [0, 0.05) is 10.9 Å². The summed E-state index contributed by atoms with van der Waals surface area (Å²) in [6, 6.07) is 11.7. The van der Waals surface area contributed by atoms with E-state index < -0.39 is 0 Å². The van der Waals surface area contributed by atoms with Crippen LogP contribution in [0.25, 0.3) is 22.2 Å². The first-order chi connectivity index (χ1) is 10.1. The van der Waals surface area contributed by atoms with Gasteiger partial charge in [-0.2, -0.15) is 0 Å². The van der Waals surface area contributed by atoms with E-state index in [1.165, 1.54) is 12.1 Å². The number of halogens is 1. The number of carbonyl (C=O) groups is 1. The third kappa shape index (κ3) is 2.17. The molecule has 3 rings (SSSR count). The normalized spacial score (nSPS) is 10.8. The van der Waals surface area contributed by atoms with E-state index in [1.54, 1.807) is 12.1 Å². The fourth-order valence-electron chi connectivity index (χ4n) is 2.51. The Labute approximate surface area is 120 Å². The average molecular weight is 283 g/mol. The molecule has 3 aromatic rings. The molecule has 0 aliphatic heterocycles. The van der Waals surface area contributed by atoms with Gasteiger partial charge in [0.25, 0.3) is 5.91 Å². The number of carbonyl (C=O) groups excluding carboxylic acids is 1. The number of nitrogens with one attached hydrogen (secondary N) is 2. The van der Waals surface area contributed by atoms with Gasteiger partial charge in [-0.15, -0.1) is 0 Å². The van der Waals surface area contributed by atoms with Crippen LogP contribution in [0.15, 0.2) is 42.5 Å². The van der Waals surface area contributed by atoms with Gasteiger partial charge < -0.3 is 4.98 Å². The minimum Gasteiger partial charge on any atom is -0.354 e. The standard InChI is InChI=1S/C16H14FN3O/c1-9-3-2-4-12-13(16(21)20-18)15(19-14(9)12)10-5-7-11(17)8-6-10/h2-8,19H,18H2,1H3,(H,20,21). The number of aryl methyl sites for hydroxylation is 1. The summed E-state index contributed by atoms with van der Waals surface area (Å²) in [5.41, 5.74) is 5.87. The van der Waals surface area contributed by atoms with E-state index in [-0.39, 0.29) is 11.7 Å². The van der Waals surface area contributed by atoms with Crippen molar-refractivity contribution < 1.29 is 9.18 Å². The smallest absolute Gasteiger partial charge is 0.267 e. The number of amides is 1. The van der Waals surface area contributed by atoms with Crippen LogP contribution in [-0.2, 0) is 0 Å². The first-order valence-electron chi connectivity index (χ1n) is 6.50. The summed E-state index contributed by atoms with van der Waals surface area (Å²) in [7, 11) is 0. The quantitative estimate of drug-likeness (QED) is 0.384. The second kappa shape index (κ2) is 5.03. The maximum absolute atomic E-state index is 13.1. The van der Waals surface area contributed by atoms with Gasteiger partial charge in [0.05, 0.1) is 11.3 Å². The summed E-state index contributed by atoms with van der Waals surface area (Å²) < 4.78 is 13.1. The molecule has 21 heavy (non-hydrogen) atoms. The van der Waals surface area contributed by atoms with Crippen molar-refractivity contribution in [3.05, 3.63) is 59.4 Å². The summed E-state index contributed by atoms with van der Waals surface area (Å²) >= 11 is 0. The molecule has 0 saturated heterocycles. The first kappa shape index (κ1) is 13.3. The summed E-state index contributed by atoms with van der Waals surface area (Å²) in [6.45, 7) is 1.96. The molecule has 1 amide bonds. The van der Waals surface area contributed by atoms with Crippen LogP contribution in [-0.4, -0.2) is 10.9 Å². The van der Waals surface area contributed by atoms with Gasteiger partial charge in [0.2, 0.25) is 0 Å². The highest BCUT2D eigenvalue weighted by Gasteiger charge is 2.19. The van der Waals surface area contributed by atoms with Gasteiger partial charge in [-0.05, 0) is 42.3 Å². The molecule has 0 aliphatic rings. The fraction of sp³-hybridized carbons (Fsp3) is 0.0625. The van der Waals surface area contributed by atoms with Gasteiger partial charge in [-0.3, -0.25) is 10.2 Å². The number of aromatic nitrogens is 1. The van der Waals surface area contributed by atoms with Gasteiger partial charge in [-0.25, -0.2) is 10.2 Å². The van der Waals surface area contributed by atoms with E-state index in [1.807, 2.05) is 25.1 Å². The predicted octanol–water partition coefficient (Wildman–Crippen LogP) is 2.89. The lowest BCUT2D eigenvalue weighted by atomic mass is 10.0. The highest BCUT2D eigenvalue weighted by molar-refractivity contribution is 6.12. The summed E-state index contributed by atoms with van der Waals surface area (Å²) in [4.78, 5) is 15.4. The van der Waals surface area contributed by atoms with Crippen LogP contribution in [0, 0.1) is 12.7 Å². The highest BCUT2D eigenvalue weighted by atomic mass is 19.1. The lowest BCUT2D eigenvalue weighted by Gasteiger charge is -2.03. The molecule has 5 heteroatoms. The monoisotopic (exact) mass is 283 g/mol. The topological polar surface area (TPSA) is 70.9 Å². The van der Waals surface area contributed by atoms with Gasteiger partial charge >= 0.3 is 0 Å². The van der Waals surface area contributed by atoms with Crippen molar-refractivity contribution in [3.63, 3.8) is 0 Å². The molecule has 0 saturated carbocycles. The summed E-state index contributed by atoms with van der Waals surface area (Å²) in [5, 5.41) is 0.789. The SMILES string of the molecule is Cc1cccc2c(C(=O)NN)c(-c3ccc(F)cc3)[nH]c12. The number of benzene rings is 2. The zero-order valence-electron chi connectivity index (χ0n) is 11.4. The molecule has 0 atom stereocenters. The van der Waals surface area contributed by atoms with Crippen molar-refractivity contribution in [2.45, 2.75) is 6.92 Å². The number of hydrogen-bond donors (Lipinski definition) is 3. The maximum Gasteiger partial charge on any atom is 0.267 e. The zero-order chi connectivity index (χ0) is 15.0. The van der Waals surface area contributed by atoms with Gasteiger partial charge in [0.1, 0.15) is 5.82 Å². The Hall–Kier alpha value is -2.66. The molecule has 0 unspecified atom stereocenters. The number of nitrogen functional groups attached to an aromatic ring is 1. The molecule has 0 radical (unpaired) electrons. The minimum atomic E-state index is -0.383. The number of fused-ring (bicyclic) bond motifs is 1. The van der Waals surface area contributed by atoms with E-state index in [0.29, 0.717) is 11.3 Å². The molecule has 0 fully saturated rings. The lowest BCUT2D eigenvalue weighted by molar-refractivity contribution is 0.0956. The molecule has 0 bridgehead atoms. The second-order valence-corrected chi connectivity index (χ2v) is 4.85. The average Bonchev–Trinajstić information content (AvgIpc) is 2.88. The molecule has 0 aliphatic carbocycles. The van der Waals surface area contributed by atoms with Crippen LogP contribution in [0.5, 0.6) is 0 Å². The number of para-hydroxylation sites is 1. The third-order valence-electron chi connectivity index (χ3n) is 3.53.